The molecule has 0 fully saturated rings. The molecule has 558 valence electrons. The first-order chi connectivity index (χ1) is 45.4. The van der Waals surface area contributed by atoms with E-state index in [1.165, 1.54) is 199 Å². The Hall–Kier alpha value is -1.94. The van der Waals surface area contributed by atoms with E-state index >= 15 is 0 Å². The molecule has 0 saturated carbocycles. The third-order valence-corrected chi connectivity index (χ3v) is 19.4. The van der Waals surface area contributed by atoms with Crippen LogP contribution in [0.1, 0.15) is 388 Å². The van der Waals surface area contributed by atoms with Crippen LogP contribution in [0.5, 0.6) is 0 Å². The quantitative estimate of drug-likeness (QED) is 0.0222. The average molecular weight is 1380 g/mol. The summed E-state index contributed by atoms with van der Waals surface area (Å²) in [5.74, 6) is -0.594. The maximum Gasteiger partial charge on any atom is 0.472 e. The lowest BCUT2D eigenvalue weighted by atomic mass is 10.0. The monoisotopic (exact) mass is 1380 g/mol. The van der Waals surface area contributed by atoms with Crippen molar-refractivity contribution >= 4 is 39.5 Å². The number of rotatable bonds is 74. The minimum Gasteiger partial charge on any atom is -0.462 e. The predicted octanol–water partition coefficient (Wildman–Crippen LogP) is 21.9. The van der Waals surface area contributed by atoms with Crippen LogP contribution < -0.4 is 0 Å². The zero-order valence-electron chi connectivity index (χ0n) is 61.3. The first-order valence-corrected chi connectivity index (χ1v) is 42.0. The van der Waals surface area contributed by atoms with E-state index in [4.69, 9.17) is 37.0 Å². The SMILES string of the molecule is CCCCCCCCCCCCCCCCCCCCCCC(=O)O[C@H](COC(=O)CCCCCCCCCCCCCCCCC(C)C)COP(=O)(O)OC[C@@H](O)COP(=O)(O)OC[C@@H](COC(=O)CCCCCCC)OC(=O)CCCCCCCCCCCC(C)C. The van der Waals surface area contributed by atoms with Crippen molar-refractivity contribution in [3.63, 3.8) is 0 Å². The van der Waals surface area contributed by atoms with Crippen LogP contribution >= 0.6 is 15.6 Å². The predicted molar refractivity (Wildman–Crippen MR) is 381 cm³/mol. The summed E-state index contributed by atoms with van der Waals surface area (Å²) < 4.78 is 68.2. The van der Waals surface area contributed by atoms with E-state index in [0.717, 1.165) is 108 Å². The third kappa shape index (κ3) is 68.6. The average Bonchev–Trinajstić information content (AvgIpc) is 1.73. The number of aliphatic hydroxyl groups excluding tert-OH is 1. The van der Waals surface area contributed by atoms with Crippen LogP contribution in [0, 0.1) is 11.8 Å². The molecule has 0 rings (SSSR count). The fourth-order valence-electron chi connectivity index (χ4n) is 11.5. The van der Waals surface area contributed by atoms with Gasteiger partial charge in [0.15, 0.2) is 12.2 Å². The van der Waals surface area contributed by atoms with E-state index in [-0.39, 0.29) is 25.7 Å². The summed E-state index contributed by atoms with van der Waals surface area (Å²) in [4.78, 5) is 72.5. The van der Waals surface area contributed by atoms with Gasteiger partial charge in [-0.15, -0.1) is 0 Å². The molecule has 0 aromatic carbocycles. The Bertz CT molecular complexity index is 1820. The van der Waals surface area contributed by atoms with Crippen LogP contribution in [-0.4, -0.2) is 96.7 Å². The van der Waals surface area contributed by atoms with Gasteiger partial charge in [-0.05, 0) is 37.5 Å². The van der Waals surface area contributed by atoms with Gasteiger partial charge in [0.2, 0.25) is 0 Å². The van der Waals surface area contributed by atoms with Gasteiger partial charge in [0.1, 0.15) is 19.3 Å². The van der Waals surface area contributed by atoms with Crippen LogP contribution in [0.4, 0.5) is 0 Å². The normalized spacial score (nSPS) is 14.0. The van der Waals surface area contributed by atoms with Crippen molar-refractivity contribution in [3.8, 4) is 0 Å². The summed E-state index contributed by atoms with van der Waals surface area (Å²) in [7, 11) is -9.90. The second-order valence-corrected chi connectivity index (χ2v) is 30.9. The van der Waals surface area contributed by atoms with Crippen molar-refractivity contribution in [2.45, 2.75) is 407 Å². The lowest BCUT2D eigenvalue weighted by Crippen LogP contribution is -2.30. The van der Waals surface area contributed by atoms with Gasteiger partial charge in [-0.2, -0.15) is 0 Å². The molecule has 0 aliphatic carbocycles. The van der Waals surface area contributed by atoms with Crippen LogP contribution in [0.3, 0.4) is 0 Å². The van der Waals surface area contributed by atoms with E-state index in [1.807, 2.05) is 0 Å². The largest absolute Gasteiger partial charge is 0.472 e. The molecule has 2 unspecified atom stereocenters. The maximum absolute atomic E-state index is 13.1. The first-order valence-electron chi connectivity index (χ1n) is 39.0. The van der Waals surface area contributed by atoms with Gasteiger partial charge in [-0.1, -0.05) is 337 Å². The second-order valence-electron chi connectivity index (χ2n) is 28.0. The summed E-state index contributed by atoms with van der Waals surface area (Å²) >= 11 is 0. The van der Waals surface area contributed by atoms with Crippen molar-refractivity contribution in [2.75, 3.05) is 39.6 Å². The van der Waals surface area contributed by atoms with Crippen LogP contribution in [0.25, 0.3) is 0 Å². The minimum atomic E-state index is -4.95. The Labute approximate surface area is 575 Å². The highest BCUT2D eigenvalue weighted by Gasteiger charge is 2.30. The Morgan fingerprint density at radius 3 is 0.723 bits per heavy atom. The van der Waals surface area contributed by atoms with Crippen molar-refractivity contribution in [1.29, 1.82) is 0 Å². The summed E-state index contributed by atoms with van der Waals surface area (Å²) in [6, 6.07) is 0. The molecule has 5 atom stereocenters. The topological polar surface area (TPSA) is 237 Å². The summed E-state index contributed by atoms with van der Waals surface area (Å²) in [6.45, 7) is 9.49. The highest BCUT2D eigenvalue weighted by atomic mass is 31.2. The number of hydrogen-bond donors (Lipinski definition) is 3. The fourth-order valence-corrected chi connectivity index (χ4v) is 13.1. The van der Waals surface area contributed by atoms with E-state index in [1.54, 1.807) is 0 Å². The Balaban J connectivity index is 5.13. The smallest absolute Gasteiger partial charge is 0.462 e. The first kappa shape index (κ1) is 92.1. The lowest BCUT2D eigenvalue weighted by molar-refractivity contribution is -0.161. The van der Waals surface area contributed by atoms with E-state index in [9.17, 15) is 43.2 Å². The molecular weight excluding hydrogens is 1230 g/mol. The number of esters is 4. The van der Waals surface area contributed by atoms with Gasteiger partial charge in [-0.25, -0.2) is 9.13 Å². The summed E-state index contributed by atoms with van der Waals surface area (Å²) in [5, 5.41) is 10.6. The Kier molecular flexibility index (Phi) is 65.5. The third-order valence-electron chi connectivity index (χ3n) is 17.5. The van der Waals surface area contributed by atoms with Gasteiger partial charge in [0.25, 0.3) is 0 Å². The highest BCUT2D eigenvalue weighted by molar-refractivity contribution is 7.47. The number of carbonyl (C=O) groups is 4. The molecular formula is C75H146O17P2. The molecule has 0 saturated heterocycles. The van der Waals surface area contributed by atoms with Gasteiger partial charge >= 0.3 is 39.5 Å². The van der Waals surface area contributed by atoms with Gasteiger partial charge in [0.05, 0.1) is 26.4 Å². The number of aliphatic hydroxyl groups is 1. The summed E-state index contributed by atoms with van der Waals surface area (Å²) in [5.41, 5.74) is 0. The number of ether oxygens (including phenoxy) is 4. The molecule has 17 nitrogen and oxygen atoms in total. The second kappa shape index (κ2) is 66.9. The molecule has 0 aromatic rings. The number of carbonyl (C=O) groups excluding carboxylic acids is 4. The highest BCUT2D eigenvalue weighted by Crippen LogP contribution is 2.45. The van der Waals surface area contributed by atoms with Crippen LogP contribution in [-0.2, 0) is 65.4 Å². The van der Waals surface area contributed by atoms with Crippen molar-refractivity contribution in [2.24, 2.45) is 11.8 Å². The van der Waals surface area contributed by atoms with E-state index < -0.39 is 97.5 Å². The molecule has 19 heteroatoms. The lowest BCUT2D eigenvalue weighted by Gasteiger charge is -2.21. The zero-order valence-corrected chi connectivity index (χ0v) is 63.1. The number of phosphoric ester groups is 2. The molecule has 0 bridgehead atoms. The maximum atomic E-state index is 13.1. The standard InChI is InChI=1S/C75H146O17P2/c1-7-9-11-13-14-15-16-17-18-19-20-21-22-23-28-31-36-41-47-53-59-74(79)92-71(64-86-73(78)58-52-46-40-35-30-27-25-24-26-29-33-38-44-49-55-67(3)4)66-90-94(83,84)88-62-69(76)61-87-93(81,82)89-65-70(63-85-72(77)57-51-43-12-10-8-2)91-75(80)60-54-48-42-37-32-34-39-45-50-56-68(5)6/h67-71,76H,7-66H2,1-6H3,(H,81,82)(H,83,84)/t69-,70+,71+/m0/s1. The Morgan fingerprint density at radius 2 is 0.489 bits per heavy atom. The van der Waals surface area contributed by atoms with Crippen LogP contribution in [0.15, 0.2) is 0 Å². The molecule has 0 heterocycles. The molecule has 0 aliphatic rings. The number of phosphoric acid groups is 2. The van der Waals surface area contributed by atoms with E-state index in [0.29, 0.717) is 25.7 Å². The van der Waals surface area contributed by atoms with Gasteiger partial charge in [0, 0.05) is 25.7 Å². The van der Waals surface area contributed by atoms with Crippen LogP contribution in [0.2, 0.25) is 0 Å². The molecule has 0 radical (unpaired) electrons. The zero-order chi connectivity index (χ0) is 69.3. The molecule has 0 aliphatic heterocycles. The van der Waals surface area contributed by atoms with Crippen molar-refractivity contribution in [3.05, 3.63) is 0 Å². The van der Waals surface area contributed by atoms with Crippen molar-refractivity contribution in [1.82, 2.24) is 0 Å². The molecule has 3 N–H and O–H groups in total. The van der Waals surface area contributed by atoms with Gasteiger partial charge in [-0.3, -0.25) is 37.3 Å². The minimum absolute atomic E-state index is 0.104. The van der Waals surface area contributed by atoms with Crippen molar-refractivity contribution < 1.29 is 80.2 Å². The Morgan fingerprint density at radius 1 is 0.287 bits per heavy atom. The molecule has 0 aromatic heterocycles. The number of hydrogen-bond acceptors (Lipinski definition) is 15. The molecule has 0 amide bonds. The molecule has 94 heavy (non-hydrogen) atoms. The van der Waals surface area contributed by atoms with E-state index in [2.05, 4.69) is 41.5 Å². The van der Waals surface area contributed by atoms with Gasteiger partial charge < -0.3 is 33.8 Å². The summed E-state index contributed by atoms with van der Waals surface area (Å²) in [6.07, 6.45) is 54.7. The fraction of sp³-hybridized carbons (Fsp3) is 0.947. The number of unbranched alkanes of at least 4 members (excludes halogenated alkanes) is 44. The molecule has 0 spiro atoms.